The number of aromatic nitrogens is 4. The summed E-state index contributed by atoms with van der Waals surface area (Å²) in [7, 11) is 0. The van der Waals surface area contributed by atoms with Crippen LogP contribution >= 0.6 is 0 Å². The monoisotopic (exact) mass is 355 g/mol. The highest BCUT2D eigenvalue weighted by atomic mass is 16.2. The van der Waals surface area contributed by atoms with Gasteiger partial charge in [0, 0.05) is 29.5 Å². The molecule has 26 heavy (non-hydrogen) atoms. The van der Waals surface area contributed by atoms with Crippen molar-refractivity contribution in [3.05, 3.63) is 45.7 Å². The summed E-state index contributed by atoms with van der Waals surface area (Å²) in [5.74, 6) is 0.690. The molecule has 7 heteroatoms. The Morgan fingerprint density at radius 1 is 1.31 bits per heavy atom. The molecule has 2 aromatic rings. The van der Waals surface area contributed by atoms with Gasteiger partial charge in [-0.25, -0.2) is 9.97 Å². The number of carbonyl (C=O) groups is 1. The van der Waals surface area contributed by atoms with E-state index in [4.69, 9.17) is 4.98 Å². The highest BCUT2D eigenvalue weighted by Gasteiger charge is 2.46. The highest BCUT2D eigenvalue weighted by Crippen LogP contribution is 2.43. The van der Waals surface area contributed by atoms with E-state index in [-0.39, 0.29) is 22.3 Å². The summed E-state index contributed by atoms with van der Waals surface area (Å²) >= 11 is 0. The number of fused-ring (bicyclic) bond motifs is 2. The maximum atomic E-state index is 12.8. The van der Waals surface area contributed by atoms with E-state index in [1.54, 1.807) is 6.20 Å². The SMILES string of the molecule is CC(C)(C)c1nc2c(c(=O)[nH]1)CCC21CCCN(C(=O)c2cnc[nH]2)C1. The molecule has 0 bridgehead atoms. The molecule has 2 aromatic heterocycles. The second-order valence-electron chi connectivity index (χ2n) is 8.57. The summed E-state index contributed by atoms with van der Waals surface area (Å²) < 4.78 is 0. The van der Waals surface area contributed by atoms with Gasteiger partial charge in [-0.05, 0) is 25.7 Å². The van der Waals surface area contributed by atoms with E-state index in [0.29, 0.717) is 12.2 Å². The minimum absolute atomic E-state index is 0.0196. The van der Waals surface area contributed by atoms with Crippen LogP contribution in [0.3, 0.4) is 0 Å². The molecule has 2 N–H and O–H groups in total. The summed E-state index contributed by atoms with van der Waals surface area (Å²) in [6.45, 7) is 7.48. The lowest BCUT2D eigenvalue weighted by Gasteiger charge is -2.40. The first-order valence-corrected chi connectivity index (χ1v) is 9.22. The molecular formula is C19H25N5O2. The third kappa shape index (κ3) is 2.66. The average Bonchev–Trinajstić information content (AvgIpc) is 3.23. The van der Waals surface area contributed by atoms with Gasteiger partial charge >= 0.3 is 0 Å². The first-order chi connectivity index (χ1) is 12.3. The minimum atomic E-state index is -0.224. The molecule has 7 nitrogen and oxygen atoms in total. The van der Waals surface area contributed by atoms with E-state index in [1.807, 2.05) is 25.7 Å². The number of rotatable bonds is 1. The fourth-order valence-electron chi connectivity index (χ4n) is 4.25. The van der Waals surface area contributed by atoms with Gasteiger partial charge in [-0.15, -0.1) is 0 Å². The Morgan fingerprint density at radius 2 is 2.12 bits per heavy atom. The number of carbonyl (C=O) groups excluding carboxylic acids is 1. The van der Waals surface area contributed by atoms with Crippen molar-refractivity contribution >= 4 is 5.91 Å². The molecule has 1 spiro atoms. The number of likely N-dealkylation sites (tertiary alicyclic amines) is 1. The van der Waals surface area contributed by atoms with Gasteiger partial charge < -0.3 is 14.9 Å². The summed E-state index contributed by atoms with van der Waals surface area (Å²) in [6, 6.07) is 0. The number of imidazole rings is 1. The van der Waals surface area contributed by atoms with E-state index in [1.165, 1.54) is 6.33 Å². The Balaban J connectivity index is 1.72. The normalized spacial score (nSPS) is 22.7. The zero-order valence-corrected chi connectivity index (χ0v) is 15.6. The Hall–Kier alpha value is -2.44. The number of piperidine rings is 1. The standard InChI is InChI=1S/C19H25N5O2/c1-18(2,3)17-22-14-12(15(25)23-17)5-7-19(14)6-4-8-24(10-19)16(26)13-9-20-11-21-13/h9,11H,4-8,10H2,1-3H3,(H,20,21)(H,22,23,25). The number of amides is 1. The largest absolute Gasteiger partial charge is 0.341 e. The van der Waals surface area contributed by atoms with Gasteiger partial charge in [0.05, 0.1) is 18.2 Å². The minimum Gasteiger partial charge on any atom is -0.341 e. The molecule has 1 fully saturated rings. The van der Waals surface area contributed by atoms with Crippen LogP contribution in [-0.4, -0.2) is 43.8 Å². The van der Waals surface area contributed by atoms with Crippen molar-refractivity contribution in [2.24, 2.45) is 0 Å². The summed E-state index contributed by atoms with van der Waals surface area (Å²) in [5, 5.41) is 0. The fraction of sp³-hybridized carbons (Fsp3) is 0.579. The second kappa shape index (κ2) is 5.79. The van der Waals surface area contributed by atoms with E-state index in [0.717, 1.165) is 49.3 Å². The molecule has 1 unspecified atom stereocenters. The van der Waals surface area contributed by atoms with Crippen LogP contribution in [0.1, 0.15) is 67.6 Å². The number of H-pyrrole nitrogens is 2. The summed E-state index contributed by atoms with van der Waals surface area (Å²) in [6.07, 6.45) is 6.57. The Kier molecular flexibility index (Phi) is 3.78. The Morgan fingerprint density at radius 3 is 2.81 bits per heavy atom. The van der Waals surface area contributed by atoms with Crippen LogP contribution in [-0.2, 0) is 17.3 Å². The number of nitrogens with zero attached hydrogens (tertiary/aromatic N) is 3. The molecular weight excluding hydrogens is 330 g/mol. The molecule has 1 saturated heterocycles. The number of hydrogen-bond acceptors (Lipinski definition) is 4. The molecule has 1 aliphatic heterocycles. The lowest BCUT2D eigenvalue weighted by molar-refractivity contribution is 0.0627. The van der Waals surface area contributed by atoms with E-state index in [2.05, 4.69) is 15.0 Å². The van der Waals surface area contributed by atoms with Crippen molar-refractivity contribution in [2.75, 3.05) is 13.1 Å². The molecule has 0 radical (unpaired) electrons. The van der Waals surface area contributed by atoms with Gasteiger partial charge in [-0.3, -0.25) is 9.59 Å². The van der Waals surface area contributed by atoms with Crippen molar-refractivity contribution in [1.29, 1.82) is 0 Å². The Labute approximate surface area is 152 Å². The number of nitrogens with one attached hydrogen (secondary N) is 2. The zero-order chi connectivity index (χ0) is 18.5. The molecule has 0 aromatic carbocycles. The third-order valence-corrected chi connectivity index (χ3v) is 5.67. The maximum absolute atomic E-state index is 12.8. The van der Waals surface area contributed by atoms with Crippen molar-refractivity contribution in [3.8, 4) is 0 Å². The van der Waals surface area contributed by atoms with Crippen molar-refractivity contribution in [1.82, 2.24) is 24.8 Å². The van der Waals surface area contributed by atoms with Gasteiger partial charge in [-0.1, -0.05) is 20.8 Å². The molecule has 1 atom stereocenters. The van der Waals surface area contributed by atoms with E-state index < -0.39 is 0 Å². The molecule has 0 saturated carbocycles. The van der Waals surface area contributed by atoms with Crippen LogP contribution in [0.2, 0.25) is 0 Å². The maximum Gasteiger partial charge on any atom is 0.271 e. The van der Waals surface area contributed by atoms with Crippen molar-refractivity contribution in [3.63, 3.8) is 0 Å². The van der Waals surface area contributed by atoms with E-state index in [9.17, 15) is 9.59 Å². The first-order valence-electron chi connectivity index (χ1n) is 9.22. The zero-order valence-electron chi connectivity index (χ0n) is 15.6. The van der Waals surface area contributed by atoms with Crippen LogP contribution in [0.4, 0.5) is 0 Å². The molecule has 138 valence electrons. The number of hydrogen-bond donors (Lipinski definition) is 2. The van der Waals surface area contributed by atoms with Crippen LogP contribution in [0.5, 0.6) is 0 Å². The lowest BCUT2D eigenvalue weighted by Crippen LogP contribution is -2.48. The quantitative estimate of drug-likeness (QED) is 0.817. The van der Waals surface area contributed by atoms with Crippen LogP contribution in [0.15, 0.2) is 17.3 Å². The second-order valence-corrected chi connectivity index (χ2v) is 8.57. The first kappa shape index (κ1) is 17.0. The van der Waals surface area contributed by atoms with Gasteiger partial charge in [0.15, 0.2) is 0 Å². The smallest absolute Gasteiger partial charge is 0.271 e. The molecule has 1 amide bonds. The van der Waals surface area contributed by atoms with Crippen LogP contribution < -0.4 is 5.56 Å². The topological polar surface area (TPSA) is 94.7 Å². The van der Waals surface area contributed by atoms with Crippen molar-refractivity contribution in [2.45, 2.75) is 57.3 Å². The van der Waals surface area contributed by atoms with Gasteiger partial charge in [0.1, 0.15) is 11.5 Å². The average molecular weight is 355 g/mol. The third-order valence-electron chi connectivity index (χ3n) is 5.67. The van der Waals surface area contributed by atoms with E-state index >= 15 is 0 Å². The van der Waals surface area contributed by atoms with Gasteiger partial charge in [0.25, 0.3) is 11.5 Å². The van der Waals surface area contributed by atoms with Crippen LogP contribution in [0, 0.1) is 0 Å². The predicted molar refractivity (Wildman–Crippen MR) is 97.3 cm³/mol. The number of aromatic amines is 2. The molecule has 2 aliphatic rings. The molecule has 1 aliphatic carbocycles. The Bertz CT molecular complexity index is 894. The predicted octanol–water partition coefficient (Wildman–Crippen LogP) is 1.91. The summed E-state index contributed by atoms with van der Waals surface area (Å²) in [5.41, 5.74) is 1.76. The molecule has 4 rings (SSSR count). The van der Waals surface area contributed by atoms with Crippen molar-refractivity contribution < 1.29 is 4.79 Å². The fourth-order valence-corrected chi connectivity index (χ4v) is 4.25. The van der Waals surface area contributed by atoms with Gasteiger partial charge in [0.2, 0.25) is 0 Å². The molecule has 3 heterocycles. The lowest BCUT2D eigenvalue weighted by atomic mass is 9.77. The van der Waals surface area contributed by atoms with Gasteiger partial charge in [-0.2, -0.15) is 0 Å². The highest BCUT2D eigenvalue weighted by molar-refractivity contribution is 5.92. The summed E-state index contributed by atoms with van der Waals surface area (Å²) in [4.78, 5) is 42.0. The van der Waals surface area contributed by atoms with Crippen LogP contribution in [0.25, 0.3) is 0 Å².